The van der Waals surface area contributed by atoms with E-state index in [0.29, 0.717) is 12.8 Å². The van der Waals surface area contributed by atoms with E-state index in [1.807, 2.05) is 0 Å². The zero-order chi connectivity index (χ0) is 11.8. The third-order valence-electron chi connectivity index (χ3n) is 3.09. The number of ketones is 3. The molecule has 0 saturated heterocycles. The molecule has 0 heterocycles. The van der Waals surface area contributed by atoms with Gasteiger partial charge in [0.2, 0.25) is 0 Å². The highest BCUT2D eigenvalue weighted by Gasteiger charge is 2.48. The molecule has 1 rings (SSSR count). The summed E-state index contributed by atoms with van der Waals surface area (Å²) in [4.78, 5) is 34.3. The molecule has 15 heavy (non-hydrogen) atoms. The first-order chi connectivity index (χ1) is 6.77. The topological polar surface area (TPSA) is 71.4 Å². The molecular weight excluding hydrogens is 196 g/mol. The molecule has 4 nitrogen and oxygen atoms in total. The molecule has 0 aromatic carbocycles. The second-order valence-corrected chi connectivity index (χ2v) is 4.51. The maximum absolute atomic E-state index is 11.8. The highest BCUT2D eigenvalue weighted by Crippen LogP contribution is 2.35. The Hall–Kier alpha value is -1.03. The normalized spacial score (nSPS) is 36.4. The molecule has 1 aliphatic rings. The summed E-state index contributed by atoms with van der Waals surface area (Å²) in [7, 11) is 0. The number of Topliss-reactive ketones (excluding diaryl/α,β-unsaturated/α-hetero) is 3. The number of carbonyl (C=O) groups is 3. The lowest BCUT2D eigenvalue weighted by molar-refractivity contribution is -0.152. The molecule has 2 unspecified atom stereocenters. The number of carbonyl (C=O) groups excluding carboxylic acids is 3. The van der Waals surface area contributed by atoms with Crippen LogP contribution in [0.1, 0.15) is 33.6 Å². The second kappa shape index (κ2) is 3.85. The van der Waals surface area contributed by atoms with Crippen LogP contribution in [0.3, 0.4) is 0 Å². The summed E-state index contributed by atoms with van der Waals surface area (Å²) < 4.78 is 0. The first-order valence-electron chi connectivity index (χ1n) is 5.04. The largest absolute Gasteiger partial charge is 0.389 e. The van der Waals surface area contributed by atoms with E-state index in [2.05, 4.69) is 0 Å². The van der Waals surface area contributed by atoms with Crippen molar-refractivity contribution in [3.63, 3.8) is 0 Å². The summed E-state index contributed by atoms with van der Waals surface area (Å²) in [5.41, 5.74) is -1.30. The number of rotatable bonds is 2. The Labute approximate surface area is 88.7 Å². The molecule has 0 bridgehead atoms. The summed E-state index contributed by atoms with van der Waals surface area (Å²) >= 11 is 0. The van der Waals surface area contributed by atoms with Gasteiger partial charge in [0, 0.05) is 0 Å². The third kappa shape index (κ3) is 2.15. The lowest BCUT2D eigenvalue weighted by atomic mass is 9.68. The van der Waals surface area contributed by atoms with Gasteiger partial charge in [0.1, 0.15) is 17.5 Å². The van der Waals surface area contributed by atoms with Gasteiger partial charge >= 0.3 is 0 Å². The summed E-state index contributed by atoms with van der Waals surface area (Å²) in [5, 5.41) is 9.92. The first-order valence-corrected chi connectivity index (χ1v) is 5.04. The fraction of sp³-hybridized carbons (Fsp3) is 0.727. The number of hydrogen-bond acceptors (Lipinski definition) is 4. The van der Waals surface area contributed by atoms with Crippen molar-refractivity contribution in [2.45, 2.75) is 39.2 Å². The van der Waals surface area contributed by atoms with Gasteiger partial charge in [-0.1, -0.05) is 0 Å². The minimum atomic E-state index is -1.30. The van der Waals surface area contributed by atoms with E-state index < -0.39 is 23.2 Å². The molecule has 0 aromatic heterocycles. The zero-order valence-electron chi connectivity index (χ0n) is 9.24. The summed E-state index contributed by atoms with van der Waals surface area (Å²) in [5.74, 6) is -2.76. The van der Waals surface area contributed by atoms with Gasteiger partial charge in [0.15, 0.2) is 5.78 Å². The SMILES string of the molecule is CC(=O)C1C(=O)[C@@H](C(C)=O)CCC1(C)O. The molecule has 0 amide bonds. The van der Waals surface area contributed by atoms with Gasteiger partial charge in [-0.3, -0.25) is 14.4 Å². The molecule has 1 N–H and O–H groups in total. The van der Waals surface area contributed by atoms with E-state index in [0.717, 1.165) is 0 Å². The highest BCUT2D eigenvalue weighted by atomic mass is 16.3. The Morgan fingerprint density at radius 1 is 1.33 bits per heavy atom. The van der Waals surface area contributed by atoms with Gasteiger partial charge in [-0.2, -0.15) is 0 Å². The number of aliphatic hydroxyl groups is 1. The maximum Gasteiger partial charge on any atom is 0.156 e. The van der Waals surface area contributed by atoms with Crippen LogP contribution >= 0.6 is 0 Å². The molecule has 0 radical (unpaired) electrons. The summed E-state index contributed by atoms with van der Waals surface area (Å²) in [6.07, 6.45) is 0.651. The monoisotopic (exact) mass is 212 g/mol. The van der Waals surface area contributed by atoms with Crippen LogP contribution in [0.2, 0.25) is 0 Å². The second-order valence-electron chi connectivity index (χ2n) is 4.51. The Morgan fingerprint density at radius 3 is 2.27 bits per heavy atom. The van der Waals surface area contributed by atoms with Crippen molar-refractivity contribution in [1.82, 2.24) is 0 Å². The van der Waals surface area contributed by atoms with Crippen LogP contribution in [0.5, 0.6) is 0 Å². The molecule has 1 fully saturated rings. The maximum atomic E-state index is 11.8. The molecule has 1 aliphatic carbocycles. The van der Waals surface area contributed by atoms with Crippen molar-refractivity contribution in [3.8, 4) is 0 Å². The summed E-state index contributed by atoms with van der Waals surface area (Å²) in [6.45, 7) is 4.10. The van der Waals surface area contributed by atoms with Crippen molar-refractivity contribution in [2.24, 2.45) is 11.8 Å². The molecule has 0 aromatic rings. The summed E-state index contributed by atoms with van der Waals surface area (Å²) in [6, 6.07) is 0. The Morgan fingerprint density at radius 2 is 1.87 bits per heavy atom. The zero-order valence-corrected chi connectivity index (χ0v) is 9.24. The average Bonchev–Trinajstić information content (AvgIpc) is 2.00. The van der Waals surface area contributed by atoms with Gasteiger partial charge in [-0.05, 0) is 33.6 Å². The quantitative estimate of drug-likeness (QED) is 0.677. The fourth-order valence-corrected chi connectivity index (χ4v) is 2.27. The van der Waals surface area contributed by atoms with Crippen LogP contribution < -0.4 is 0 Å². The van der Waals surface area contributed by atoms with Gasteiger partial charge in [-0.15, -0.1) is 0 Å². The fourth-order valence-electron chi connectivity index (χ4n) is 2.27. The Bertz CT molecular complexity index is 317. The van der Waals surface area contributed by atoms with Crippen molar-refractivity contribution in [3.05, 3.63) is 0 Å². The molecule has 4 heteroatoms. The van der Waals surface area contributed by atoms with Crippen LogP contribution in [0.4, 0.5) is 0 Å². The minimum absolute atomic E-state index is 0.221. The molecule has 0 aliphatic heterocycles. The number of hydrogen-bond donors (Lipinski definition) is 1. The standard InChI is InChI=1S/C11H16O4/c1-6(12)8-4-5-11(3,15)9(7(2)13)10(8)14/h8-9,15H,4-5H2,1-3H3/t8-,9?,11?/m1/s1. The first kappa shape index (κ1) is 12.0. The van der Waals surface area contributed by atoms with E-state index in [1.165, 1.54) is 20.8 Å². The van der Waals surface area contributed by atoms with Crippen LogP contribution in [-0.4, -0.2) is 28.1 Å². The van der Waals surface area contributed by atoms with Crippen molar-refractivity contribution < 1.29 is 19.5 Å². The van der Waals surface area contributed by atoms with Gasteiger partial charge < -0.3 is 5.11 Å². The molecular formula is C11H16O4. The van der Waals surface area contributed by atoms with Crippen molar-refractivity contribution in [1.29, 1.82) is 0 Å². The smallest absolute Gasteiger partial charge is 0.156 e. The Kier molecular flexibility index (Phi) is 3.09. The van der Waals surface area contributed by atoms with Crippen molar-refractivity contribution in [2.75, 3.05) is 0 Å². The predicted octanol–water partition coefficient (Wildman–Crippen LogP) is 0.511. The van der Waals surface area contributed by atoms with Crippen LogP contribution in [0.25, 0.3) is 0 Å². The lowest BCUT2D eigenvalue weighted by Gasteiger charge is -2.37. The average molecular weight is 212 g/mol. The van der Waals surface area contributed by atoms with Gasteiger partial charge in [-0.25, -0.2) is 0 Å². The Balaban J connectivity index is 3.02. The van der Waals surface area contributed by atoms with E-state index in [-0.39, 0.29) is 11.6 Å². The van der Waals surface area contributed by atoms with E-state index in [1.54, 1.807) is 0 Å². The van der Waals surface area contributed by atoms with Crippen molar-refractivity contribution >= 4 is 17.3 Å². The molecule has 0 spiro atoms. The van der Waals surface area contributed by atoms with E-state index in [9.17, 15) is 19.5 Å². The molecule has 1 saturated carbocycles. The van der Waals surface area contributed by atoms with Gasteiger partial charge in [0.05, 0.1) is 11.5 Å². The van der Waals surface area contributed by atoms with Crippen LogP contribution in [0.15, 0.2) is 0 Å². The predicted molar refractivity (Wildman–Crippen MR) is 53.2 cm³/mol. The van der Waals surface area contributed by atoms with E-state index >= 15 is 0 Å². The van der Waals surface area contributed by atoms with Gasteiger partial charge in [0.25, 0.3) is 0 Å². The van der Waals surface area contributed by atoms with Crippen LogP contribution in [-0.2, 0) is 14.4 Å². The highest BCUT2D eigenvalue weighted by molar-refractivity contribution is 6.12. The molecule has 3 atom stereocenters. The lowest BCUT2D eigenvalue weighted by Crippen LogP contribution is -2.51. The van der Waals surface area contributed by atoms with Crippen LogP contribution in [0, 0.1) is 11.8 Å². The minimum Gasteiger partial charge on any atom is -0.389 e. The molecule has 84 valence electrons. The third-order valence-corrected chi connectivity index (χ3v) is 3.09. The van der Waals surface area contributed by atoms with E-state index in [4.69, 9.17) is 0 Å².